The van der Waals surface area contributed by atoms with Gasteiger partial charge in [0.25, 0.3) is 0 Å². The van der Waals surface area contributed by atoms with Gasteiger partial charge in [0.15, 0.2) is 0 Å². The van der Waals surface area contributed by atoms with Crippen LogP contribution in [0.15, 0.2) is 30.0 Å². The largest absolute Gasteiger partial charge is 0.392 e. The molecule has 1 aliphatic carbocycles. The number of rotatable bonds is 7. The fourth-order valence-electron chi connectivity index (χ4n) is 2.43. The summed E-state index contributed by atoms with van der Waals surface area (Å²) >= 11 is 0. The Hall–Kier alpha value is -1.15. The minimum Gasteiger partial charge on any atom is -0.392 e. The molecular formula is C17H26O3. The third-order valence-corrected chi connectivity index (χ3v) is 3.75. The average Bonchev–Trinajstić information content (AvgIpc) is 2.70. The number of carbonyl (C=O) groups is 1. The summed E-state index contributed by atoms with van der Waals surface area (Å²) in [6.07, 6.45) is 9.76. The first-order valence-electron chi connectivity index (χ1n) is 7.56. The van der Waals surface area contributed by atoms with Crippen molar-refractivity contribution < 1.29 is 15.0 Å². The summed E-state index contributed by atoms with van der Waals surface area (Å²) in [4.78, 5) is 11.9. The van der Waals surface area contributed by atoms with Crippen molar-refractivity contribution in [3.8, 4) is 0 Å². The van der Waals surface area contributed by atoms with Crippen LogP contribution in [-0.2, 0) is 4.79 Å². The van der Waals surface area contributed by atoms with Gasteiger partial charge in [0.1, 0.15) is 5.78 Å². The molecule has 0 spiro atoms. The Bertz CT molecular complexity index is 391. The van der Waals surface area contributed by atoms with Gasteiger partial charge in [-0.15, -0.1) is 5.73 Å². The van der Waals surface area contributed by atoms with Gasteiger partial charge in [0.05, 0.1) is 12.2 Å². The molecule has 20 heavy (non-hydrogen) atoms. The van der Waals surface area contributed by atoms with Crippen molar-refractivity contribution in [1.29, 1.82) is 0 Å². The lowest BCUT2D eigenvalue weighted by molar-refractivity contribution is -0.121. The number of allylic oxidation sites excluding steroid dienone is 1. The van der Waals surface area contributed by atoms with Gasteiger partial charge in [0, 0.05) is 18.3 Å². The number of carbonyl (C=O) groups excluding carboxylic acids is 1. The van der Waals surface area contributed by atoms with Gasteiger partial charge in [-0.25, -0.2) is 0 Å². The topological polar surface area (TPSA) is 57.5 Å². The molecule has 0 amide bonds. The highest BCUT2D eigenvalue weighted by Crippen LogP contribution is 2.33. The van der Waals surface area contributed by atoms with E-state index >= 15 is 0 Å². The van der Waals surface area contributed by atoms with Crippen LogP contribution in [0.4, 0.5) is 0 Å². The lowest BCUT2D eigenvalue weighted by atomic mass is 9.90. The highest BCUT2D eigenvalue weighted by atomic mass is 16.3. The van der Waals surface area contributed by atoms with Gasteiger partial charge in [-0.2, -0.15) is 0 Å². The van der Waals surface area contributed by atoms with Crippen LogP contribution in [0, 0.1) is 11.8 Å². The molecule has 0 aromatic carbocycles. The molecule has 0 radical (unpaired) electrons. The second kappa shape index (κ2) is 8.91. The molecule has 1 rings (SSSR count). The molecule has 0 heterocycles. The van der Waals surface area contributed by atoms with E-state index in [2.05, 4.69) is 12.7 Å². The minimum absolute atomic E-state index is 0.103. The molecule has 0 unspecified atom stereocenters. The molecule has 0 bridgehead atoms. The molecule has 0 aliphatic heterocycles. The Morgan fingerprint density at radius 2 is 2.15 bits per heavy atom. The monoisotopic (exact) mass is 278 g/mol. The van der Waals surface area contributed by atoms with Gasteiger partial charge < -0.3 is 10.2 Å². The molecule has 1 fully saturated rings. The maximum Gasteiger partial charge on any atom is 0.139 e. The maximum absolute atomic E-state index is 11.9. The molecule has 0 aromatic heterocycles. The van der Waals surface area contributed by atoms with Crippen LogP contribution in [0.25, 0.3) is 0 Å². The minimum atomic E-state index is -0.624. The van der Waals surface area contributed by atoms with Crippen molar-refractivity contribution in [2.45, 2.75) is 58.2 Å². The Morgan fingerprint density at radius 3 is 2.80 bits per heavy atom. The van der Waals surface area contributed by atoms with Crippen molar-refractivity contribution in [2.24, 2.45) is 11.8 Å². The first-order valence-corrected chi connectivity index (χ1v) is 7.56. The molecule has 0 aromatic rings. The predicted octanol–water partition coefficient (Wildman–Crippen LogP) is 2.78. The quantitative estimate of drug-likeness (QED) is 0.556. The van der Waals surface area contributed by atoms with E-state index in [0.29, 0.717) is 12.8 Å². The molecule has 1 aliphatic rings. The lowest BCUT2D eigenvalue weighted by Crippen LogP contribution is -2.18. The SMILES string of the molecule is CCCC=C=CC[C@H]1C(=O)C[C@@H](O)[C@@H]1/C=C/[C@@H](O)CC. The van der Waals surface area contributed by atoms with E-state index < -0.39 is 12.2 Å². The smallest absolute Gasteiger partial charge is 0.139 e. The van der Waals surface area contributed by atoms with E-state index in [9.17, 15) is 15.0 Å². The van der Waals surface area contributed by atoms with Crippen LogP contribution in [0.1, 0.15) is 46.0 Å². The summed E-state index contributed by atoms with van der Waals surface area (Å²) in [6, 6.07) is 0. The molecule has 3 nitrogen and oxygen atoms in total. The fourth-order valence-corrected chi connectivity index (χ4v) is 2.43. The van der Waals surface area contributed by atoms with E-state index in [1.807, 2.05) is 19.1 Å². The van der Waals surface area contributed by atoms with E-state index in [4.69, 9.17) is 0 Å². The van der Waals surface area contributed by atoms with E-state index in [-0.39, 0.29) is 24.0 Å². The van der Waals surface area contributed by atoms with Gasteiger partial charge >= 0.3 is 0 Å². The van der Waals surface area contributed by atoms with Crippen LogP contribution in [0.2, 0.25) is 0 Å². The average molecular weight is 278 g/mol. The lowest BCUT2D eigenvalue weighted by Gasteiger charge is -2.16. The number of aliphatic hydroxyl groups excluding tert-OH is 2. The number of hydrogen-bond acceptors (Lipinski definition) is 3. The summed E-state index contributed by atoms with van der Waals surface area (Å²) in [6.45, 7) is 4.00. The van der Waals surface area contributed by atoms with E-state index in [0.717, 1.165) is 12.8 Å². The highest BCUT2D eigenvalue weighted by molar-refractivity contribution is 5.84. The number of aliphatic hydroxyl groups is 2. The summed E-state index contributed by atoms with van der Waals surface area (Å²) < 4.78 is 0. The summed E-state index contributed by atoms with van der Waals surface area (Å²) in [5, 5.41) is 19.5. The van der Waals surface area contributed by atoms with Gasteiger partial charge in [-0.1, -0.05) is 32.4 Å². The van der Waals surface area contributed by atoms with Crippen LogP contribution in [0.3, 0.4) is 0 Å². The Kier molecular flexibility index (Phi) is 7.53. The Morgan fingerprint density at radius 1 is 1.40 bits per heavy atom. The maximum atomic E-state index is 11.9. The van der Waals surface area contributed by atoms with Crippen molar-refractivity contribution in [1.82, 2.24) is 0 Å². The first kappa shape index (κ1) is 16.9. The normalized spacial score (nSPS) is 27.6. The van der Waals surface area contributed by atoms with Crippen molar-refractivity contribution >= 4 is 5.78 Å². The molecule has 3 heteroatoms. The second-order valence-electron chi connectivity index (χ2n) is 5.38. The van der Waals surface area contributed by atoms with E-state index in [1.165, 1.54) is 0 Å². The molecular weight excluding hydrogens is 252 g/mol. The molecule has 0 saturated heterocycles. The zero-order valence-corrected chi connectivity index (χ0v) is 12.5. The van der Waals surface area contributed by atoms with Crippen LogP contribution >= 0.6 is 0 Å². The second-order valence-corrected chi connectivity index (χ2v) is 5.38. The molecule has 2 N–H and O–H groups in total. The van der Waals surface area contributed by atoms with Gasteiger partial charge in [0.2, 0.25) is 0 Å². The number of Topliss-reactive ketones (excluding diaryl/α,β-unsaturated/α-hetero) is 1. The van der Waals surface area contributed by atoms with Crippen molar-refractivity contribution in [3.05, 3.63) is 30.0 Å². The summed E-state index contributed by atoms with van der Waals surface area (Å²) in [5.74, 6) is -0.271. The van der Waals surface area contributed by atoms with Gasteiger partial charge in [-0.05, 0) is 31.4 Å². The number of unbranched alkanes of at least 4 members (excludes halogenated alkanes) is 1. The number of hydrogen-bond donors (Lipinski definition) is 2. The fraction of sp³-hybridized carbons (Fsp3) is 0.647. The third kappa shape index (κ3) is 5.09. The van der Waals surface area contributed by atoms with Crippen LogP contribution < -0.4 is 0 Å². The third-order valence-electron chi connectivity index (χ3n) is 3.75. The van der Waals surface area contributed by atoms with Gasteiger partial charge in [-0.3, -0.25) is 4.79 Å². The van der Waals surface area contributed by atoms with E-state index in [1.54, 1.807) is 12.2 Å². The highest BCUT2D eigenvalue weighted by Gasteiger charge is 2.39. The van der Waals surface area contributed by atoms with Crippen molar-refractivity contribution in [2.75, 3.05) is 0 Å². The summed E-state index contributed by atoms with van der Waals surface area (Å²) in [7, 11) is 0. The zero-order valence-electron chi connectivity index (χ0n) is 12.5. The molecule has 4 atom stereocenters. The van der Waals surface area contributed by atoms with Crippen molar-refractivity contribution in [3.63, 3.8) is 0 Å². The Labute approximate surface area is 121 Å². The Balaban J connectivity index is 2.67. The summed E-state index contributed by atoms with van der Waals surface area (Å²) in [5.41, 5.74) is 3.09. The molecule has 1 saturated carbocycles. The predicted molar refractivity (Wildman–Crippen MR) is 80.2 cm³/mol. The van der Waals surface area contributed by atoms with Crippen LogP contribution in [0.5, 0.6) is 0 Å². The number of ketones is 1. The standard InChI is InChI=1S/C17H26O3/c1-3-5-6-7-8-9-14-15(11-10-13(18)4-2)17(20)12-16(14)19/h6,8,10-11,13-15,17-18,20H,3-5,9,12H2,1-2H3/b11-10+/t7?,13-,14+,15+,17+/m0/s1. The zero-order chi connectivity index (χ0) is 15.0. The molecule has 112 valence electrons. The first-order chi connectivity index (χ1) is 9.60. The van der Waals surface area contributed by atoms with Crippen LogP contribution in [-0.4, -0.2) is 28.2 Å².